The van der Waals surface area contributed by atoms with Gasteiger partial charge in [-0.25, -0.2) is 0 Å². The molecule has 1 nitrogen and oxygen atoms in total. The number of hydrogen-bond acceptors (Lipinski definition) is 1. The lowest BCUT2D eigenvalue weighted by Gasteiger charge is -2.29. The van der Waals surface area contributed by atoms with Crippen molar-refractivity contribution in [3.63, 3.8) is 0 Å². The summed E-state index contributed by atoms with van der Waals surface area (Å²) in [4.78, 5) is 0. The second kappa shape index (κ2) is 1.51. The Morgan fingerprint density at radius 3 is 2.33 bits per heavy atom. The Balaban J connectivity index is 2.18. The molecule has 1 heteroatoms. The van der Waals surface area contributed by atoms with Crippen LogP contribution in [0.1, 0.15) is 33.1 Å². The van der Waals surface area contributed by atoms with E-state index in [9.17, 15) is 0 Å². The smallest absolute Gasteiger partial charge is 0.0659 e. The molecule has 1 heterocycles. The third-order valence-electron chi connectivity index (χ3n) is 2.84. The van der Waals surface area contributed by atoms with Gasteiger partial charge in [0.25, 0.3) is 0 Å². The maximum atomic E-state index is 5.75. The van der Waals surface area contributed by atoms with Gasteiger partial charge < -0.3 is 4.74 Å². The van der Waals surface area contributed by atoms with Crippen molar-refractivity contribution in [3.8, 4) is 0 Å². The van der Waals surface area contributed by atoms with Gasteiger partial charge in [0.2, 0.25) is 0 Å². The Bertz CT molecular complexity index is 129. The molecule has 1 aliphatic carbocycles. The summed E-state index contributed by atoms with van der Waals surface area (Å²) in [5, 5.41) is 0. The quantitative estimate of drug-likeness (QED) is 0.482. The summed E-state index contributed by atoms with van der Waals surface area (Å²) in [7, 11) is 0. The molecule has 1 aliphatic heterocycles. The summed E-state index contributed by atoms with van der Waals surface area (Å²) in [6.45, 7) is 4.44. The van der Waals surface area contributed by atoms with E-state index in [0.717, 1.165) is 5.92 Å². The monoisotopic (exact) mass is 126 g/mol. The van der Waals surface area contributed by atoms with Crippen LogP contribution in [0.5, 0.6) is 0 Å². The van der Waals surface area contributed by atoms with Crippen molar-refractivity contribution in [1.29, 1.82) is 0 Å². The molecule has 1 saturated carbocycles. The third-order valence-corrected chi connectivity index (χ3v) is 2.84. The van der Waals surface area contributed by atoms with Gasteiger partial charge in [-0.05, 0) is 39.0 Å². The van der Waals surface area contributed by atoms with Crippen molar-refractivity contribution in [3.05, 3.63) is 0 Å². The maximum Gasteiger partial charge on any atom is 0.0659 e. The molecule has 0 radical (unpaired) electrons. The average molecular weight is 126 g/mol. The minimum atomic E-state index is 0.211. The standard InChI is InChI=1S/C8H14O/c1-8(2)6-3-4-7(5-6)9-8/h6-7H,3-5H2,1-2H3. The summed E-state index contributed by atoms with van der Waals surface area (Å²) in [6, 6.07) is 0. The second-order valence-corrected chi connectivity index (χ2v) is 3.85. The van der Waals surface area contributed by atoms with Gasteiger partial charge in [0.05, 0.1) is 11.7 Å². The van der Waals surface area contributed by atoms with E-state index in [1.54, 1.807) is 0 Å². The first-order valence-corrected chi connectivity index (χ1v) is 3.86. The third kappa shape index (κ3) is 0.710. The lowest BCUT2D eigenvalue weighted by atomic mass is 9.91. The molecule has 2 aliphatic rings. The molecule has 2 atom stereocenters. The highest BCUT2D eigenvalue weighted by atomic mass is 16.5. The second-order valence-electron chi connectivity index (χ2n) is 3.85. The molecule has 2 fully saturated rings. The van der Waals surface area contributed by atoms with Crippen molar-refractivity contribution in [1.82, 2.24) is 0 Å². The summed E-state index contributed by atoms with van der Waals surface area (Å²) < 4.78 is 5.75. The summed E-state index contributed by atoms with van der Waals surface area (Å²) in [5.74, 6) is 0.863. The van der Waals surface area contributed by atoms with Crippen molar-refractivity contribution in [2.45, 2.75) is 44.8 Å². The van der Waals surface area contributed by atoms with E-state index < -0.39 is 0 Å². The van der Waals surface area contributed by atoms with Crippen molar-refractivity contribution in [2.24, 2.45) is 5.92 Å². The van der Waals surface area contributed by atoms with Gasteiger partial charge >= 0.3 is 0 Å². The fourth-order valence-electron chi connectivity index (χ4n) is 2.20. The minimum absolute atomic E-state index is 0.211. The highest BCUT2D eigenvalue weighted by molar-refractivity contribution is 4.95. The summed E-state index contributed by atoms with van der Waals surface area (Å²) >= 11 is 0. The van der Waals surface area contributed by atoms with Crippen molar-refractivity contribution < 1.29 is 4.74 Å². The molecule has 0 amide bonds. The van der Waals surface area contributed by atoms with E-state index in [1.165, 1.54) is 19.3 Å². The fourth-order valence-corrected chi connectivity index (χ4v) is 2.20. The van der Waals surface area contributed by atoms with Crippen LogP contribution < -0.4 is 0 Å². The van der Waals surface area contributed by atoms with E-state index in [1.807, 2.05) is 0 Å². The number of ether oxygens (including phenoxy) is 1. The molecule has 0 aromatic rings. The lowest BCUT2D eigenvalue weighted by Crippen LogP contribution is -2.30. The summed E-state index contributed by atoms with van der Waals surface area (Å²) in [5.41, 5.74) is 0.211. The van der Waals surface area contributed by atoms with E-state index in [0.29, 0.717) is 6.10 Å². The van der Waals surface area contributed by atoms with Crippen LogP contribution in [-0.4, -0.2) is 11.7 Å². The molecule has 0 spiro atoms. The van der Waals surface area contributed by atoms with Gasteiger partial charge in [0.1, 0.15) is 0 Å². The van der Waals surface area contributed by atoms with Crippen LogP contribution in [-0.2, 0) is 4.74 Å². The van der Waals surface area contributed by atoms with Gasteiger partial charge in [-0.15, -0.1) is 0 Å². The molecule has 52 valence electrons. The van der Waals surface area contributed by atoms with Gasteiger partial charge in [-0.1, -0.05) is 0 Å². The lowest BCUT2D eigenvalue weighted by molar-refractivity contribution is -0.0599. The molecule has 9 heavy (non-hydrogen) atoms. The summed E-state index contributed by atoms with van der Waals surface area (Å²) in [6.07, 6.45) is 4.66. The van der Waals surface area contributed by atoms with Gasteiger partial charge in [-0.2, -0.15) is 0 Å². The molecule has 2 bridgehead atoms. The topological polar surface area (TPSA) is 9.23 Å². The Kier molecular flexibility index (Phi) is 0.963. The molecule has 0 aromatic heterocycles. The van der Waals surface area contributed by atoms with Crippen LogP contribution in [0.3, 0.4) is 0 Å². The van der Waals surface area contributed by atoms with Crippen LogP contribution in [0.2, 0.25) is 0 Å². The molecule has 2 rings (SSSR count). The molecule has 0 N–H and O–H groups in total. The Hall–Kier alpha value is -0.0400. The Morgan fingerprint density at radius 1 is 1.33 bits per heavy atom. The minimum Gasteiger partial charge on any atom is -0.372 e. The molecular weight excluding hydrogens is 112 g/mol. The first-order chi connectivity index (χ1) is 4.18. The van der Waals surface area contributed by atoms with Crippen LogP contribution >= 0.6 is 0 Å². The first kappa shape index (κ1) is 5.72. The normalized spacial score (nSPS) is 46.0. The van der Waals surface area contributed by atoms with Gasteiger partial charge in [0.15, 0.2) is 0 Å². The van der Waals surface area contributed by atoms with E-state index in [4.69, 9.17) is 4.74 Å². The predicted molar refractivity (Wildman–Crippen MR) is 36.3 cm³/mol. The number of hydrogen-bond donors (Lipinski definition) is 0. The molecule has 0 aromatic carbocycles. The van der Waals surface area contributed by atoms with Gasteiger partial charge in [0, 0.05) is 0 Å². The maximum absolute atomic E-state index is 5.75. The number of fused-ring (bicyclic) bond motifs is 2. The van der Waals surface area contributed by atoms with Crippen molar-refractivity contribution >= 4 is 0 Å². The largest absolute Gasteiger partial charge is 0.372 e. The fraction of sp³-hybridized carbons (Fsp3) is 1.00. The van der Waals surface area contributed by atoms with Crippen LogP contribution in [0.4, 0.5) is 0 Å². The molecule has 1 saturated heterocycles. The zero-order chi connectivity index (χ0) is 6.48. The SMILES string of the molecule is CC1(C)OC2CCC1C2. The molecule has 2 unspecified atom stereocenters. The van der Waals surface area contributed by atoms with E-state index in [2.05, 4.69) is 13.8 Å². The Labute approximate surface area is 56.4 Å². The number of rotatable bonds is 0. The highest BCUT2D eigenvalue weighted by Crippen LogP contribution is 2.46. The average Bonchev–Trinajstić information content (AvgIpc) is 2.19. The van der Waals surface area contributed by atoms with Crippen LogP contribution in [0.25, 0.3) is 0 Å². The zero-order valence-electron chi connectivity index (χ0n) is 6.18. The van der Waals surface area contributed by atoms with Crippen molar-refractivity contribution in [2.75, 3.05) is 0 Å². The van der Waals surface area contributed by atoms with E-state index >= 15 is 0 Å². The van der Waals surface area contributed by atoms with Crippen LogP contribution in [0.15, 0.2) is 0 Å². The molecular formula is C8H14O. The zero-order valence-corrected chi connectivity index (χ0v) is 6.18. The van der Waals surface area contributed by atoms with Gasteiger partial charge in [-0.3, -0.25) is 0 Å². The first-order valence-electron chi connectivity index (χ1n) is 3.86. The highest BCUT2D eigenvalue weighted by Gasteiger charge is 2.45. The Morgan fingerprint density at radius 2 is 2.11 bits per heavy atom. The van der Waals surface area contributed by atoms with Crippen LogP contribution in [0, 0.1) is 5.92 Å². The predicted octanol–water partition coefficient (Wildman–Crippen LogP) is 1.96. The van der Waals surface area contributed by atoms with E-state index in [-0.39, 0.29) is 5.60 Å².